The van der Waals surface area contributed by atoms with Gasteiger partial charge >= 0.3 is 6.03 Å². The van der Waals surface area contributed by atoms with Crippen LogP contribution < -0.4 is 5.32 Å². The largest absolute Gasteiger partial charge is 0.396 e. The molecule has 1 atom stereocenters. The molecule has 0 spiro atoms. The van der Waals surface area contributed by atoms with Gasteiger partial charge in [-0.25, -0.2) is 4.79 Å². The molecule has 0 radical (unpaired) electrons. The van der Waals surface area contributed by atoms with Gasteiger partial charge in [-0.2, -0.15) is 0 Å². The first-order chi connectivity index (χ1) is 5.16. The Morgan fingerprint density at radius 3 is 2.64 bits per heavy atom. The summed E-state index contributed by atoms with van der Waals surface area (Å²) in [4.78, 5) is 23.0. The van der Waals surface area contributed by atoms with Crippen molar-refractivity contribution in [2.24, 2.45) is 0 Å². The van der Waals surface area contributed by atoms with Gasteiger partial charge < -0.3 is 10.0 Å². The summed E-state index contributed by atoms with van der Waals surface area (Å²) in [6.45, 7) is -0.0876. The summed E-state index contributed by atoms with van der Waals surface area (Å²) in [6, 6.07) is -0.888. The topological polar surface area (TPSA) is 69.6 Å². The lowest BCUT2D eigenvalue weighted by atomic mass is 10.2. The maximum atomic E-state index is 10.9. The smallest absolute Gasteiger partial charge is 0.324 e. The first kappa shape index (κ1) is 8.00. The third-order valence-corrected chi connectivity index (χ3v) is 1.72. The average molecular weight is 158 g/mol. The van der Waals surface area contributed by atoms with Crippen LogP contribution in [0.2, 0.25) is 0 Å². The molecule has 0 bridgehead atoms. The average Bonchev–Trinajstić information content (AvgIpc) is 2.17. The Bertz CT molecular complexity index is 192. The lowest BCUT2D eigenvalue weighted by Crippen LogP contribution is -2.31. The second-order valence-corrected chi connectivity index (χ2v) is 2.43. The molecule has 11 heavy (non-hydrogen) atoms. The first-order valence-corrected chi connectivity index (χ1v) is 3.35. The van der Waals surface area contributed by atoms with Gasteiger partial charge in [-0.15, -0.1) is 0 Å². The number of urea groups is 1. The minimum atomic E-state index is -0.493. The van der Waals surface area contributed by atoms with Gasteiger partial charge in [0, 0.05) is 13.7 Å². The van der Waals surface area contributed by atoms with E-state index in [1.54, 1.807) is 0 Å². The predicted octanol–water partition coefficient (Wildman–Crippen LogP) is -1.08. The van der Waals surface area contributed by atoms with Crippen LogP contribution in [0.15, 0.2) is 0 Å². The van der Waals surface area contributed by atoms with E-state index in [4.69, 9.17) is 5.11 Å². The Labute approximate surface area is 64.0 Å². The quantitative estimate of drug-likeness (QED) is 0.502. The SMILES string of the molecule is CN1C(=O)NC(=O)C1CCO. The number of nitrogens with zero attached hydrogens (tertiary/aromatic N) is 1. The van der Waals surface area contributed by atoms with E-state index in [1.807, 2.05) is 0 Å². The van der Waals surface area contributed by atoms with E-state index in [0.29, 0.717) is 6.42 Å². The molecule has 1 unspecified atom stereocenters. The fourth-order valence-electron chi connectivity index (χ4n) is 1.04. The molecule has 1 fully saturated rings. The molecule has 62 valence electrons. The van der Waals surface area contributed by atoms with Crippen LogP contribution in [0, 0.1) is 0 Å². The Morgan fingerprint density at radius 2 is 2.27 bits per heavy atom. The normalized spacial score (nSPS) is 24.2. The summed E-state index contributed by atoms with van der Waals surface area (Å²) in [7, 11) is 1.53. The van der Waals surface area contributed by atoms with E-state index in [2.05, 4.69) is 5.32 Å². The van der Waals surface area contributed by atoms with E-state index in [1.165, 1.54) is 11.9 Å². The van der Waals surface area contributed by atoms with Crippen molar-refractivity contribution in [1.82, 2.24) is 10.2 Å². The standard InChI is InChI=1S/C6H10N2O3/c1-8-4(2-3-9)5(10)7-6(8)11/h4,9H,2-3H2,1H3,(H,7,10,11). The van der Waals surface area contributed by atoms with Crippen LogP contribution in [0.4, 0.5) is 4.79 Å². The molecule has 1 saturated heterocycles. The molecule has 3 amide bonds. The number of likely N-dealkylation sites (N-methyl/N-ethyl adjacent to an activating group) is 1. The van der Waals surface area contributed by atoms with E-state index in [-0.39, 0.29) is 12.5 Å². The van der Waals surface area contributed by atoms with Crippen molar-refractivity contribution in [2.75, 3.05) is 13.7 Å². The van der Waals surface area contributed by atoms with Crippen LogP contribution in [0.5, 0.6) is 0 Å². The van der Waals surface area contributed by atoms with Gasteiger partial charge in [0.15, 0.2) is 0 Å². The zero-order valence-electron chi connectivity index (χ0n) is 6.20. The summed E-state index contributed by atoms with van der Waals surface area (Å²) >= 11 is 0. The number of hydrogen-bond acceptors (Lipinski definition) is 3. The van der Waals surface area contributed by atoms with E-state index in [0.717, 1.165) is 0 Å². The molecule has 0 saturated carbocycles. The van der Waals surface area contributed by atoms with Gasteiger partial charge in [0.1, 0.15) is 6.04 Å². The lowest BCUT2D eigenvalue weighted by molar-refractivity contribution is -0.121. The number of rotatable bonds is 2. The van der Waals surface area contributed by atoms with Crippen molar-refractivity contribution in [1.29, 1.82) is 0 Å². The van der Waals surface area contributed by atoms with Gasteiger partial charge in [0.05, 0.1) is 0 Å². The monoisotopic (exact) mass is 158 g/mol. The molecule has 0 aromatic carbocycles. The van der Waals surface area contributed by atoms with Crippen LogP contribution in [0.1, 0.15) is 6.42 Å². The number of imide groups is 1. The highest BCUT2D eigenvalue weighted by Gasteiger charge is 2.34. The zero-order valence-corrected chi connectivity index (χ0v) is 6.20. The molecule has 1 heterocycles. The van der Waals surface area contributed by atoms with Gasteiger partial charge in [-0.05, 0) is 6.42 Å². The maximum Gasteiger partial charge on any atom is 0.324 e. The molecule has 5 nitrogen and oxygen atoms in total. The summed E-state index contributed by atoms with van der Waals surface area (Å²) in [5.41, 5.74) is 0. The fraction of sp³-hybridized carbons (Fsp3) is 0.667. The number of carbonyl (C=O) groups excluding carboxylic acids is 2. The minimum Gasteiger partial charge on any atom is -0.396 e. The minimum absolute atomic E-state index is 0.0876. The second kappa shape index (κ2) is 2.87. The van der Waals surface area contributed by atoms with Crippen LogP contribution in [-0.2, 0) is 4.79 Å². The summed E-state index contributed by atoms with van der Waals surface area (Å²) in [6.07, 6.45) is 0.300. The Balaban J connectivity index is 2.63. The van der Waals surface area contributed by atoms with Gasteiger partial charge in [0.25, 0.3) is 5.91 Å². The Kier molecular flexibility index (Phi) is 2.09. The Hall–Kier alpha value is -1.10. The van der Waals surface area contributed by atoms with Crippen molar-refractivity contribution in [3.63, 3.8) is 0 Å². The number of nitrogens with one attached hydrogen (secondary N) is 1. The van der Waals surface area contributed by atoms with Crippen LogP contribution >= 0.6 is 0 Å². The Morgan fingerprint density at radius 1 is 1.64 bits per heavy atom. The van der Waals surface area contributed by atoms with E-state index >= 15 is 0 Å². The van der Waals surface area contributed by atoms with Gasteiger partial charge in [-0.1, -0.05) is 0 Å². The van der Waals surface area contributed by atoms with Crippen molar-refractivity contribution in [2.45, 2.75) is 12.5 Å². The van der Waals surface area contributed by atoms with Crippen molar-refractivity contribution >= 4 is 11.9 Å². The molecule has 1 rings (SSSR count). The third-order valence-electron chi connectivity index (χ3n) is 1.72. The van der Waals surface area contributed by atoms with Crippen molar-refractivity contribution in [3.8, 4) is 0 Å². The molecular weight excluding hydrogens is 148 g/mol. The summed E-state index contributed by atoms with van der Waals surface area (Å²) in [5, 5.41) is 10.7. The molecule has 0 aliphatic carbocycles. The van der Waals surface area contributed by atoms with Crippen molar-refractivity contribution in [3.05, 3.63) is 0 Å². The molecule has 1 aliphatic rings. The molecule has 0 aromatic rings. The fourth-order valence-corrected chi connectivity index (χ4v) is 1.04. The maximum absolute atomic E-state index is 10.9. The molecule has 2 N–H and O–H groups in total. The van der Waals surface area contributed by atoms with Crippen LogP contribution in [0.25, 0.3) is 0 Å². The van der Waals surface area contributed by atoms with Crippen LogP contribution in [0.3, 0.4) is 0 Å². The first-order valence-electron chi connectivity index (χ1n) is 3.35. The molecule has 1 aliphatic heterocycles. The van der Waals surface area contributed by atoms with E-state index in [9.17, 15) is 9.59 Å². The number of aliphatic hydroxyl groups excluding tert-OH is 1. The van der Waals surface area contributed by atoms with Gasteiger partial charge in [0.2, 0.25) is 0 Å². The van der Waals surface area contributed by atoms with Crippen LogP contribution in [-0.4, -0.2) is 41.6 Å². The highest BCUT2D eigenvalue weighted by atomic mass is 16.3. The molecule has 0 aromatic heterocycles. The van der Waals surface area contributed by atoms with Crippen molar-refractivity contribution < 1.29 is 14.7 Å². The summed E-state index contributed by atoms with van der Waals surface area (Å²) in [5.74, 6) is -0.327. The second-order valence-electron chi connectivity index (χ2n) is 2.43. The highest BCUT2D eigenvalue weighted by molar-refractivity contribution is 6.03. The lowest BCUT2D eigenvalue weighted by Gasteiger charge is -2.13. The highest BCUT2D eigenvalue weighted by Crippen LogP contribution is 2.08. The third kappa shape index (κ3) is 1.32. The molecule has 5 heteroatoms. The number of carbonyl (C=O) groups is 2. The summed E-state index contributed by atoms with van der Waals surface area (Å²) < 4.78 is 0. The number of hydrogen-bond donors (Lipinski definition) is 2. The number of amides is 3. The zero-order chi connectivity index (χ0) is 8.43. The van der Waals surface area contributed by atoms with Gasteiger partial charge in [-0.3, -0.25) is 10.1 Å². The molecular formula is C6H10N2O3. The predicted molar refractivity (Wildman–Crippen MR) is 36.8 cm³/mol. The van der Waals surface area contributed by atoms with E-state index < -0.39 is 12.1 Å². The number of aliphatic hydroxyl groups is 1.